The van der Waals surface area contributed by atoms with Crippen LogP contribution in [-0.2, 0) is 0 Å². The Morgan fingerprint density at radius 1 is 1.14 bits per heavy atom. The Balaban J connectivity index is 0. The predicted molar refractivity (Wildman–Crippen MR) is 61.3 cm³/mol. The largest absolute Gasteiger partial charge is 0.376 e. The van der Waals surface area contributed by atoms with Gasteiger partial charge in [-0.1, -0.05) is 27.0 Å². The molecule has 0 saturated heterocycles. The highest BCUT2D eigenvalue weighted by molar-refractivity contribution is 5.47. The van der Waals surface area contributed by atoms with Crippen molar-refractivity contribution in [3.8, 4) is 0 Å². The summed E-state index contributed by atoms with van der Waals surface area (Å²) in [5.74, 6) is 0. The lowest BCUT2D eigenvalue weighted by Crippen LogP contribution is -2.24. The summed E-state index contributed by atoms with van der Waals surface area (Å²) in [6.45, 7) is 1.64. The van der Waals surface area contributed by atoms with Crippen molar-refractivity contribution in [1.29, 1.82) is 0 Å². The molecule has 0 aliphatic carbocycles. The van der Waals surface area contributed by atoms with Crippen molar-refractivity contribution >= 4 is 5.69 Å². The molecule has 0 atom stereocenters. The monoisotopic (exact) mass is 199 g/mol. The van der Waals surface area contributed by atoms with Crippen molar-refractivity contribution in [1.82, 2.24) is 0 Å². The highest BCUT2D eigenvalue weighted by Crippen LogP contribution is 2.13. The molecule has 0 aliphatic rings. The second-order valence-electron chi connectivity index (χ2n) is 2.66. The Kier molecular flexibility index (Phi) is 8.10. The van der Waals surface area contributed by atoms with Gasteiger partial charge in [-0.15, -0.1) is 0 Å². The Hall–Kier alpha value is -1.06. The van der Waals surface area contributed by atoms with Gasteiger partial charge in [-0.25, -0.2) is 0 Å². The summed E-state index contributed by atoms with van der Waals surface area (Å²) in [7, 11) is 0. The highest BCUT2D eigenvalue weighted by atomic mass is 16.3. The number of rotatable bonds is 3. The minimum Gasteiger partial charge on any atom is -0.376 e. The fraction of sp³-hybridized carbons (Fsp3) is 0.455. The number of anilines is 1. The number of hydrogen-bond donors (Lipinski definition) is 2. The lowest BCUT2D eigenvalue weighted by Gasteiger charge is -2.18. The van der Waals surface area contributed by atoms with Gasteiger partial charge in [0.2, 0.25) is 0 Å². The normalized spacial score (nSPS) is 8.50. The van der Waals surface area contributed by atoms with Gasteiger partial charge in [-0.05, 0) is 24.6 Å². The standard InChI is InChI=1S/C9H13NO2.2CH4/c1-8-3-2-4-9(5-8)10(6-11)7-12;;/h2-5,11-12H,6-7H2,1H3;2*1H4. The van der Waals surface area contributed by atoms with Crippen LogP contribution in [0.5, 0.6) is 0 Å². The van der Waals surface area contributed by atoms with Crippen molar-refractivity contribution in [2.75, 3.05) is 18.4 Å². The topological polar surface area (TPSA) is 43.7 Å². The van der Waals surface area contributed by atoms with Crippen LogP contribution >= 0.6 is 0 Å². The molecule has 1 rings (SSSR count). The molecular weight excluding hydrogens is 178 g/mol. The van der Waals surface area contributed by atoms with E-state index in [2.05, 4.69) is 0 Å². The van der Waals surface area contributed by atoms with Crippen LogP contribution in [0.1, 0.15) is 20.4 Å². The van der Waals surface area contributed by atoms with Gasteiger partial charge in [0.25, 0.3) is 0 Å². The van der Waals surface area contributed by atoms with E-state index < -0.39 is 0 Å². The zero-order valence-corrected chi connectivity index (χ0v) is 7.07. The molecule has 0 fully saturated rings. The van der Waals surface area contributed by atoms with Crippen LogP contribution < -0.4 is 4.90 Å². The molecule has 0 aliphatic heterocycles. The molecule has 14 heavy (non-hydrogen) atoms. The van der Waals surface area contributed by atoms with Crippen molar-refractivity contribution in [2.45, 2.75) is 21.8 Å². The summed E-state index contributed by atoms with van der Waals surface area (Å²) in [6, 6.07) is 7.62. The summed E-state index contributed by atoms with van der Waals surface area (Å²) in [5, 5.41) is 17.7. The van der Waals surface area contributed by atoms with Crippen molar-refractivity contribution in [3.05, 3.63) is 29.8 Å². The molecule has 2 N–H and O–H groups in total. The van der Waals surface area contributed by atoms with E-state index in [4.69, 9.17) is 10.2 Å². The average molecular weight is 199 g/mol. The smallest absolute Gasteiger partial charge is 0.117 e. The van der Waals surface area contributed by atoms with Gasteiger partial charge < -0.3 is 15.1 Å². The zero-order chi connectivity index (χ0) is 8.97. The molecular formula is C11H21NO2. The van der Waals surface area contributed by atoms with Crippen molar-refractivity contribution < 1.29 is 10.2 Å². The van der Waals surface area contributed by atoms with Gasteiger partial charge in [0.05, 0.1) is 0 Å². The fourth-order valence-electron chi connectivity index (χ4n) is 1.03. The Labute approximate surface area is 86.6 Å². The minimum atomic E-state index is -0.167. The van der Waals surface area contributed by atoms with Crippen LogP contribution in [0.2, 0.25) is 0 Å². The Morgan fingerprint density at radius 3 is 2.14 bits per heavy atom. The average Bonchev–Trinajstić information content (AvgIpc) is 2.07. The summed E-state index contributed by atoms with van der Waals surface area (Å²) in [4.78, 5) is 1.47. The summed E-state index contributed by atoms with van der Waals surface area (Å²) in [5.41, 5.74) is 1.94. The lowest BCUT2D eigenvalue weighted by atomic mass is 10.2. The quantitative estimate of drug-likeness (QED) is 0.731. The molecule has 0 radical (unpaired) electrons. The maximum atomic E-state index is 8.84. The molecule has 0 aromatic heterocycles. The molecule has 0 spiro atoms. The van der Waals surface area contributed by atoms with E-state index in [1.165, 1.54) is 4.90 Å². The number of aryl methyl sites for hydroxylation is 1. The molecule has 0 amide bonds. The third kappa shape index (κ3) is 3.77. The van der Waals surface area contributed by atoms with E-state index in [1.807, 2.05) is 31.2 Å². The first-order valence-corrected chi connectivity index (χ1v) is 3.81. The van der Waals surface area contributed by atoms with Gasteiger partial charge in [0.15, 0.2) is 0 Å². The van der Waals surface area contributed by atoms with Gasteiger partial charge in [0, 0.05) is 5.69 Å². The number of benzene rings is 1. The first-order chi connectivity index (χ1) is 5.77. The Morgan fingerprint density at radius 2 is 1.71 bits per heavy atom. The number of hydrogen-bond acceptors (Lipinski definition) is 3. The maximum Gasteiger partial charge on any atom is 0.117 e. The number of aliphatic hydroxyl groups excluding tert-OH is 2. The van der Waals surface area contributed by atoms with Crippen LogP contribution in [0.4, 0.5) is 5.69 Å². The van der Waals surface area contributed by atoms with Gasteiger partial charge in [-0.2, -0.15) is 0 Å². The zero-order valence-electron chi connectivity index (χ0n) is 7.07. The SMILES string of the molecule is C.C.Cc1cccc(N(CO)CO)c1. The van der Waals surface area contributed by atoms with E-state index in [9.17, 15) is 0 Å². The first kappa shape index (κ1) is 15.4. The van der Waals surface area contributed by atoms with E-state index in [0.29, 0.717) is 0 Å². The molecule has 1 aromatic rings. The van der Waals surface area contributed by atoms with Crippen molar-refractivity contribution in [2.24, 2.45) is 0 Å². The molecule has 0 heterocycles. The lowest BCUT2D eigenvalue weighted by molar-refractivity contribution is 0.223. The second-order valence-corrected chi connectivity index (χ2v) is 2.66. The first-order valence-electron chi connectivity index (χ1n) is 3.81. The molecule has 0 bridgehead atoms. The van der Waals surface area contributed by atoms with Crippen molar-refractivity contribution in [3.63, 3.8) is 0 Å². The van der Waals surface area contributed by atoms with Gasteiger partial charge in [0.1, 0.15) is 13.5 Å². The molecule has 0 saturated carbocycles. The second kappa shape index (κ2) is 7.35. The number of aliphatic hydroxyl groups is 2. The molecule has 1 aromatic carbocycles. The van der Waals surface area contributed by atoms with E-state index in [-0.39, 0.29) is 28.3 Å². The predicted octanol–water partition coefficient (Wildman–Crippen LogP) is 1.97. The summed E-state index contributed by atoms with van der Waals surface area (Å²) in [6.07, 6.45) is 0. The third-order valence-corrected chi connectivity index (χ3v) is 1.71. The molecule has 82 valence electrons. The van der Waals surface area contributed by atoms with Crippen LogP contribution in [0, 0.1) is 6.92 Å². The van der Waals surface area contributed by atoms with Crippen LogP contribution in [0.15, 0.2) is 24.3 Å². The highest BCUT2D eigenvalue weighted by Gasteiger charge is 2.01. The van der Waals surface area contributed by atoms with Gasteiger partial charge in [-0.3, -0.25) is 0 Å². The molecule has 3 nitrogen and oxygen atoms in total. The molecule has 0 unspecified atom stereocenters. The summed E-state index contributed by atoms with van der Waals surface area (Å²) < 4.78 is 0. The fourth-order valence-corrected chi connectivity index (χ4v) is 1.03. The third-order valence-electron chi connectivity index (χ3n) is 1.71. The number of nitrogens with zero attached hydrogens (tertiary/aromatic N) is 1. The summed E-state index contributed by atoms with van der Waals surface area (Å²) >= 11 is 0. The molecule has 3 heteroatoms. The van der Waals surface area contributed by atoms with E-state index in [0.717, 1.165) is 11.3 Å². The van der Waals surface area contributed by atoms with Crippen LogP contribution in [-0.4, -0.2) is 23.7 Å². The van der Waals surface area contributed by atoms with Crippen LogP contribution in [0.25, 0.3) is 0 Å². The Bertz CT molecular complexity index is 247. The van der Waals surface area contributed by atoms with Gasteiger partial charge >= 0.3 is 0 Å². The van der Waals surface area contributed by atoms with E-state index >= 15 is 0 Å². The maximum absolute atomic E-state index is 8.84. The van der Waals surface area contributed by atoms with E-state index in [1.54, 1.807) is 0 Å². The van der Waals surface area contributed by atoms with Crippen LogP contribution in [0.3, 0.4) is 0 Å². The minimum absolute atomic E-state index is 0.